The molecular weight excluding hydrogens is 620 g/mol. The fraction of sp³-hybridized carbons (Fsp3) is 0.889. The van der Waals surface area contributed by atoms with Crippen molar-refractivity contribution in [3.05, 3.63) is 0 Å². The molecule has 1 N–H and O–H groups in total. The lowest BCUT2D eigenvalue weighted by molar-refractivity contribution is -0.333. The SMILES string of the molecule is COC(=O)CCCCC(=O)OC1CC(C)(C)N(OCC(C)(O)CON2C(C)(C)CC(OC(=O)CCCCC(C)=O)CC2(C)C)C(C)(C)C1. The summed E-state index contributed by atoms with van der Waals surface area (Å²) in [4.78, 5) is 60.2. The normalized spacial score (nSPS) is 22.4. The number of hydrogen-bond acceptors (Lipinski definition) is 12. The Balaban J connectivity index is 1.91. The summed E-state index contributed by atoms with van der Waals surface area (Å²) in [5.41, 5.74) is -3.28. The number of hydrogen-bond donors (Lipinski definition) is 1. The van der Waals surface area contributed by atoms with Crippen molar-refractivity contribution in [2.24, 2.45) is 0 Å². The molecule has 12 nitrogen and oxygen atoms in total. The van der Waals surface area contributed by atoms with E-state index in [9.17, 15) is 24.3 Å². The van der Waals surface area contributed by atoms with Crippen LogP contribution in [0.25, 0.3) is 0 Å². The fourth-order valence-corrected chi connectivity index (χ4v) is 7.43. The van der Waals surface area contributed by atoms with E-state index in [0.29, 0.717) is 64.2 Å². The van der Waals surface area contributed by atoms with Crippen molar-refractivity contribution in [1.82, 2.24) is 10.1 Å². The van der Waals surface area contributed by atoms with Gasteiger partial charge < -0.3 is 24.1 Å². The first kappa shape index (κ1) is 42.0. The number of piperidine rings is 2. The van der Waals surface area contributed by atoms with Crippen LogP contribution in [0.15, 0.2) is 0 Å². The summed E-state index contributed by atoms with van der Waals surface area (Å²) in [6.07, 6.45) is 5.46. The van der Waals surface area contributed by atoms with Crippen molar-refractivity contribution >= 4 is 23.7 Å². The fourth-order valence-electron chi connectivity index (χ4n) is 7.43. The molecule has 2 heterocycles. The number of aliphatic hydroxyl groups is 1. The van der Waals surface area contributed by atoms with Gasteiger partial charge in [0.1, 0.15) is 23.6 Å². The predicted molar refractivity (Wildman–Crippen MR) is 180 cm³/mol. The molecule has 278 valence electrons. The van der Waals surface area contributed by atoms with Gasteiger partial charge in [0.05, 0.1) is 20.3 Å². The lowest BCUT2D eigenvalue weighted by Crippen LogP contribution is -2.64. The van der Waals surface area contributed by atoms with E-state index >= 15 is 0 Å². The van der Waals surface area contributed by atoms with Gasteiger partial charge >= 0.3 is 17.9 Å². The first-order valence-electron chi connectivity index (χ1n) is 17.5. The van der Waals surface area contributed by atoms with Gasteiger partial charge in [-0.1, -0.05) is 0 Å². The molecule has 0 amide bonds. The van der Waals surface area contributed by atoms with E-state index in [1.165, 1.54) is 7.11 Å². The molecule has 2 aliphatic rings. The standard InChI is InChI=1S/C36H64N2O10/c1-26(39)16-12-13-18-30(41)47-27-20-32(2,3)37(33(4,5)21-27)45-24-36(10,43)25-46-38-34(6,7)22-28(23-35(38,8)9)48-31(42)19-15-14-17-29(40)44-11/h27-28,43H,12-25H2,1-11H3. The highest BCUT2D eigenvalue weighted by molar-refractivity contribution is 5.75. The highest BCUT2D eigenvalue weighted by Crippen LogP contribution is 2.42. The first-order chi connectivity index (χ1) is 22.0. The average molecular weight is 685 g/mol. The maximum Gasteiger partial charge on any atom is 0.306 e. The van der Waals surface area contributed by atoms with Crippen molar-refractivity contribution in [3.63, 3.8) is 0 Å². The Labute approximate surface area is 288 Å². The predicted octanol–water partition coefficient (Wildman–Crippen LogP) is 5.61. The highest BCUT2D eigenvalue weighted by Gasteiger charge is 2.50. The summed E-state index contributed by atoms with van der Waals surface area (Å²) in [5.74, 6) is -0.683. The number of nitrogens with zero attached hydrogens (tertiary/aromatic N) is 2. The molecule has 48 heavy (non-hydrogen) atoms. The number of ether oxygens (including phenoxy) is 3. The van der Waals surface area contributed by atoms with E-state index in [2.05, 4.69) is 4.74 Å². The number of methoxy groups -OCH3 is 1. The number of rotatable bonds is 18. The van der Waals surface area contributed by atoms with Crippen molar-refractivity contribution in [2.75, 3.05) is 20.3 Å². The van der Waals surface area contributed by atoms with Crippen LogP contribution in [0.4, 0.5) is 0 Å². The van der Waals surface area contributed by atoms with Gasteiger partial charge in [0.15, 0.2) is 0 Å². The molecule has 1 atom stereocenters. The zero-order chi connectivity index (χ0) is 36.6. The molecule has 1 unspecified atom stereocenters. The number of hydroxylamine groups is 4. The molecule has 2 rings (SSSR count). The Morgan fingerprint density at radius 1 is 0.625 bits per heavy atom. The number of carbonyl (C=O) groups excluding carboxylic acids is 4. The zero-order valence-corrected chi connectivity index (χ0v) is 31.6. The Morgan fingerprint density at radius 2 is 0.938 bits per heavy atom. The molecule has 2 fully saturated rings. The highest BCUT2D eigenvalue weighted by atomic mass is 16.7. The summed E-state index contributed by atoms with van der Waals surface area (Å²) in [6.45, 7) is 19.5. The van der Waals surface area contributed by atoms with Gasteiger partial charge in [0.2, 0.25) is 0 Å². The molecule has 0 saturated carbocycles. The molecule has 0 aromatic rings. The number of carbonyl (C=O) groups is 4. The van der Waals surface area contributed by atoms with Crippen LogP contribution in [0.2, 0.25) is 0 Å². The van der Waals surface area contributed by atoms with Gasteiger partial charge in [-0.25, -0.2) is 0 Å². The second-order valence-electron chi connectivity index (χ2n) is 16.6. The number of Topliss-reactive ketones (excluding diaryl/α,β-unsaturated/α-hetero) is 1. The van der Waals surface area contributed by atoms with Gasteiger partial charge in [-0.3, -0.25) is 24.1 Å². The lowest BCUT2D eigenvalue weighted by Gasteiger charge is -2.54. The van der Waals surface area contributed by atoms with Crippen LogP contribution in [-0.2, 0) is 43.1 Å². The molecule has 0 aromatic carbocycles. The van der Waals surface area contributed by atoms with Crippen molar-refractivity contribution < 1.29 is 48.2 Å². The smallest absolute Gasteiger partial charge is 0.306 e. The average Bonchev–Trinajstić information content (AvgIpc) is 2.90. The van der Waals surface area contributed by atoms with E-state index in [4.69, 9.17) is 19.1 Å². The monoisotopic (exact) mass is 684 g/mol. The third-order valence-electron chi connectivity index (χ3n) is 9.11. The van der Waals surface area contributed by atoms with Crippen molar-refractivity contribution in [3.8, 4) is 0 Å². The topological polar surface area (TPSA) is 141 Å². The molecule has 0 aromatic heterocycles. The van der Waals surface area contributed by atoms with Crippen LogP contribution < -0.4 is 0 Å². The minimum atomic E-state index is -1.32. The third kappa shape index (κ3) is 13.3. The van der Waals surface area contributed by atoms with Crippen LogP contribution in [-0.4, -0.2) is 99.2 Å². The minimum Gasteiger partial charge on any atom is -0.469 e. The zero-order valence-electron chi connectivity index (χ0n) is 31.6. The molecule has 0 spiro atoms. The van der Waals surface area contributed by atoms with E-state index in [0.717, 1.165) is 0 Å². The third-order valence-corrected chi connectivity index (χ3v) is 9.11. The van der Waals surface area contributed by atoms with Gasteiger partial charge in [-0.05, 0) is 94.9 Å². The Kier molecular flexibility index (Phi) is 15.1. The molecule has 0 aliphatic carbocycles. The van der Waals surface area contributed by atoms with Crippen LogP contribution in [0.1, 0.15) is 146 Å². The molecule has 0 radical (unpaired) electrons. The Bertz CT molecular complexity index is 1060. The summed E-state index contributed by atoms with van der Waals surface area (Å²) < 4.78 is 16.3. The Hall–Kier alpha value is -2.12. The van der Waals surface area contributed by atoms with E-state index < -0.39 is 27.8 Å². The largest absolute Gasteiger partial charge is 0.469 e. The van der Waals surface area contributed by atoms with Crippen molar-refractivity contribution in [1.29, 1.82) is 0 Å². The molecule has 2 aliphatic heterocycles. The summed E-state index contributed by atoms with van der Waals surface area (Å²) >= 11 is 0. The molecule has 2 saturated heterocycles. The minimum absolute atomic E-state index is 0.00856. The maximum absolute atomic E-state index is 12.5. The van der Waals surface area contributed by atoms with Gasteiger partial charge in [-0.15, -0.1) is 0 Å². The van der Waals surface area contributed by atoms with Crippen LogP contribution in [0.5, 0.6) is 0 Å². The summed E-state index contributed by atoms with van der Waals surface area (Å²) in [6, 6.07) is 0. The van der Waals surface area contributed by atoms with Crippen LogP contribution >= 0.6 is 0 Å². The van der Waals surface area contributed by atoms with Gasteiger partial charge in [0.25, 0.3) is 0 Å². The summed E-state index contributed by atoms with van der Waals surface area (Å²) in [7, 11) is 1.35. The van der Waals surface area contributed by atoms with E-state index in [1.54, 1.807) is 13.8 Å². The van der Waals surface area contributed by atoms with E-state index in [1.807, 2.05) is 65.5 Å². The van der Waals surface area contributed by atoms with E-state index in [-0.39, 0.29) is 62.0 Å². The second-order valence-corrected chi connectivity index (χ2v) is 16.6. The van der Waals surface area contributed by atoms with Gasteiger partial charge in [-0.2, -0.15) is 10.1 Å². The molecule has 12 heteroatoms. The molecular formula is C36H64N2O10. The Morgan fingerprint density at radius 3 is 1.25 bits per heavy atom. The van der Waals surface area contributed by atoms with Gasteiger partial charge in [0, 0.05) is 73.5 Å². The van der Waals surface area contributed by atoms with Crippen molar-refractivity contribution in [2.45, 2.75) is 186 Å². The molecule has 0 bridgehead atoms. The number of esters is 3. The number of unbranched alkanes of at least 4 members (excludes halogenated alkanes) is 2. The second kappa shape index (κ2) is 17.2. The number of ketones is 1. The van der Waals surface area contributed by atoms with Crippen LogP contribution in [0.3, 0.4) is 0 Å². The maximum atomic E-state index is 12.5. The quantitative estimate of drug-likeness (QED) is 0.109. The first-order valence-corrected chi connectivity index (χ1v) is 17.5. The van der Waals surface area contributed by atoms with Crippen LogP contribution in [0, 0.1) is 0 Å². The lowest BCUT2D eigenvalue weighted by atomic mass is 9.80. The summed E-state index contributed by atoms with van der Waals surface area (Å²) in [5, 5.41) is 15.2.